The molecule has 0 saturated carbocycles. The Morgan fingerprint density at radius 3 is 3.15 bits per heavy atom. The number of fused-ring (bicyclic) bond motifs is 1. The van der Waals surface area contributed by atoms with Gasteiger partial charge < -0.3 is 0 Å². The van der Waals surface area contributed by atoms with Crippen LogP contribution in [0, 0.1) is 5.92 Å². The minimum atomic E-state index is 0.643. The normalized spacial score (nSPS) is 28.2. The molecule has 13 heavy (non-hydrogen) atoms. The van der Waals surface area contributed by atoms with Crippen LogP contribution in [-0.2, 0) is 0 Å². The van der Waals surface area contributed by atoms with E-state index in [1.807, 2.05) is 6.08 Å². The molecule has 0 N–H and O–H groups in total. The molecule has 2 aliphatic rings. The summed E-state index contributed by atoms with van der Waals surface area (Å²) in [7, 11) is 0. The van der Waals surface area contributed by atoms with Gasteiger partial charge in [0.1, 0.15) is 5.17 Å². The van der Waals surface area contributed by atoms with Crippen LogP contribution in [0.2, 0.25) is 0 Å². The van der Waals surface area contributed by atoms with E-state index in [0.717, 1.165) is 18.9 Å². The SMILES string of the molecule is ClC1=NCCC2CCCC=C2C=C1. The molecule has 1 aliphatic carbocycles. The maximum absolute atomic E-state index is 5.86. The predicted molar refractivity (Wildman–Crippen MR) is 57.3 cm³/mol. The molecule has 0 amide bonds. The van der Waals surface area contributed by atoms with E-state index >= 15 is 0 Å². The molecule has 2 heteroatoms. The van der Waals surface area contributed by atoms with Gasteiger partial charge in [-0.05, 0) is 43.3 Å². The van der Waals surface area contributed by atoms with Crippen molar-refractivity contribution in [1.82, 2.24) is 0 Å². The molecule has 1 heterocycles. The molecule has 2 rings (SSSR count). The Morgan fingerprint density at radius 2 is 2.23 bits per heavy atom. The topological polar surface area (TPSA) is 12.4 Å². The maximum atomic E-state index is 5.86. The number of halogens is 1. The fraction of sp³-hybridized carbons (Fsp3) is 0.545. The van der Waals surface area contributed by atoms with Crippen LogP contribution in [0.4, 0.5) is 0 Å². The Balaban J connectivity index is 2.20. The standard InChI is InChI=1S/C11H14ClN/c12-11-6-5-9-3-1-2-4-10(9)7-8-13-11/h3,5-6,10H,1-2,4,7-8H2. The molecule has 1 aliphatic heterocycles. The minimum Gasteiger partial charge on any atom is -0.273 e. The molecule has 1 atom stereocenters. The molecule has 1 unspecified atom stereocenters. The summed E-state index contributed by atoms with van der Waals surface area (Å²) in [6.07, 6.45) is 11.4. The van der Waals surface area contributed by atoms with Crippen molar-refractivity contribution >= 4 is 16.8 Å². The third-order valence-corrected chi connectivity index (χ3v) is 3.01. The van der Waals surface area contributed by atoms with Crippen molar-refractivity contribution in [2.45, 2.75) is 25.7 Å². The van der Waals surface area contributed by atoms with E-state index < -0.39 is 0 Å². The maximum Gasteiger partial charge on any atom is 0.123 e. The Labute approximate surface area is 84.2 Å². The lowest BCUT2D eigenvalue weighted by atomic mass is 9.85. The van der Waals surface area contributed by atoms with Crippen molar-refractivity contribution in [3.05, 3.63) is 23.8 Å². The van der Waals surface area contributed by atoms with E-state index in [1.54, 1.807) is 0 Å². The molecule has 0 bridgehead atoms. The predicted octanol–water partition coefficient (Wildman–Crippen LogP) is 3.31. The van der Waals surface area contributed by atoms with Crippen LogP contribution in [0.25, 0.3) is 0 Å². The van der Waals surface area contributed by atoms with Crippen molar-refractivity contribution in [2.75, 3.05) is 6.54 Å². The van der Waals surface area contributed by atoms with Crippen LogP contribution in [0.1, 0.15) is 25.7 Å². The van der Waals surface area contributed by atoms with Gasteiger partial charge >= 0.3 is 0 Å². The molecule has 70 valence electrons. The molecule has 0 radical (unpaired) electrons. The summed E-state index contributed by atoms with van der Waals surface area (Å²) in [6.45, 7) is 0.880. The molecule has 0 spiro atoms. The summed E-state index contributed by atoms with van der Waals surface area (Å²) in [6, 6.07) is 0. The summed E-state index contributed by atoms with van der Waals surface area (Å²) in [5, 5.41) is 0.643. The molecular formula is C11H14ClN. The van der Waals surface area contributed by atoms with E-state index in [2.05, 4.69) is 17.1 Å². The first-order valence-electron chi connectivity index (χ1n) is 4.94. The lowest BCUT2D eigenvalue weighted by molar-refractivity contribution is 0.493. The lowest BCUT2D eigenvalue weighted by Gasteiger charge is -2.22. The Hall–Kier alpha value is -0.560. The number of nitrogens with zero attached hydrogens (tertiary/aromatic N) is 1. The average molecular weight is 196 g/mol. The van der Waals surface area contributed by atoms with E-state index in [4.69, 9.17) is 11.6 Å². The first-order chi connectivity index (χ1) is 6.36. The number of aliphatic imine (C=N–C) groups is 1. The van der Waals surface area contributed by atoms with Gasteiger partial charge in [-0.25, -0.2) is 0 Å². The van der Waals surface area contributed by atoms with Gasteiger partial charge in [-0.1, -0.05) is 23.8 Å². The van der Waals surface area contributed by atoms with Crippen LogP contribution in [0.3, 0.4) is 0 Å². The van der Waals surface area contributed by atoms with E-state index in [1.165, 1.54) is 24.8 Å². The number of hydrogen-bond acceptors (Lipinski definition) is 1. The van der Waals surface area contributed by atoms with Crippen molar-refractivity contribution in [1.29, 1.82) is 0 Å². The largest absolute Gasteiger partial charge is 0.273 e. The van der Waals surface area contributed by atoms with Crippen LogP contribution >= 0.6 is 11.6 Å². The van der Waals surface area contributed by atoms with E-state index in [0.29, 0.717) is 5.17 Å². The number of allylic oxidation sites excluding steroid dienone is 4. The highest BCUT2D eigenvalue weighted by molar-refractivity contribution is 6.68. The third kappa shape index (κ3) is 2.22. The Kier molecular flexibility index (Phi) is 2.84. The quantitative estimate of drug-likeness (QED) is 0.563. The first kappa shape index (κ1) is 9.01. The van der Waals surface area contributed by atoms with Gasteiger partial charge in [0.2, 0.25) is 0 Å². The van der Waals surface area contributed by atoms with Crippen molar-refractivity contribution in [2.24, 2.45) is 10.9 Å². The van der Waals surface area contributed by atoms with Crippen LogP contribution in [0.15, 0.2) is 28.8 Å². The lowest BCUT2D eigenvalue weighted by Crippen LogP contribution is -2.10. The second-order valence-corrected chi connectivity index (χ2v) is 4.05. The molecule has 0 fully saturated rings. The van der Waals surface area contributed by atoms with Gasteiger partial charge in [0, 0.05) is 6.54 Å². The van der Waals surface area contributed by atoms with Crippen LogP contribution < -0.4 is 0 Å². The molecule has 0 aromatic heterocycles. The zero-order chi connectivity index (χ0) is 9.10. The van der Waals surface area contributed by atoms with Gasteiger partial charge in [-0.3, -0.25) is 4.99 Å². The highest BCUT2D eigenvalue weighted by atomic mass is 35.5. The fourth-order valence-electron chi connectivity index (χ4n) is 2.03. The summed E-state index contributed by atoms with van der Waals surface area (Å²) in [5.41, 5.74) is 1.47. The Morgan fingerprint density at radius 1 is 1.31 bits per heavy atom. The summed E-state index contributed by atoms with van der Waals surface area (Å²) in [5.74, 6) is 0.735. The van der Waals surface area contributed by atoms with Crippen molar-refractivity contribution < 1.29 is 0 Å². The minimum absolute atomic E-state index is 0.643. The Bertz CT molecular complexity index is 276. The first-order valence-corrected chi connectivity index (χ1v) is 5.32. The second kappa shape index (κ2) is 4.10. The molecule has 0 aromatic rings. The summed E-state index contributed by atoms with van der Waals surface area (Å²) < 4.78 is 0. The summed E-state index contributed by atoms with van der Waals surface area (Å²) >= 11 is 5.86. The van der Waals surface area contributed by atoms with Gasteiger partial charge in [-0.15, -0.1) is 0 Å². The molecule has 1 nitrogen and oxygen atoms in total. The van der Waals surface area contributed by atoms with Crippen molar-refractivity contribution in [3.63, 3.8) is 0 Å². The van der Waals surface area contributed by atoms with Crippen LogP contribution in [0.5, 0.6) is 0 Å². The zero-order valence-corrected chi connectivity index (χ0v) is 8.43. The van der Waals surface area contributed by atoms with Gasteiger partial charge in [0.15, 0.2) is 0 Å². The smallest absolute Gasteiger partial charge is 0.123 e. The van der Waals surface area contributed by atoms with Gasteiger partial charge in [0.05, 0.1) is 0 Å². The highest BCUT2D eigenvalue weighted by Crippen LogP contribution is 2.29. The molecular weight excluding hydrogens is 182 g/mol. The second-order valence-electron chi connectivity index (χ2n) is 3.66. The van der Waals surface area contributed by atoms with Gasteiger partial charge in [0.25, 0.3) is 0 Å². The molecule has 0 aromatic carbocycles. The summed E-state index contributed by atoms with van der Waals surface area (Å²) in [4.78, 5) is 4.24. The van der Waals surface area contributed by atoms with E-state index in [9.17, 15) is 0 Å². The highest BCUT2D eigenvalue weighted by Gasteiger charge is 2.16. The third-order valence-electron chi connectivity index (χ3n) is 2.76. The van der Waals surface area contributed by atoms with Crippen LogP contribution in [-0.4, -0.2) is 11.7 Å². The zero-order valence-electron chi connectivity index (χ0n) is 7.67. The van der Waals surface area contributed by atoms with Crippen molar-refractivity contribution in [3.8, 4) is 0 Å². The fourth-order valence-corrected chi connectivity index (χ4v) is 2.17. The average Bonchev–Trinajstić information content (AvgIpc) is 2.13. The monoisotopic (exact) mass is 195 g/mol. The van der Waals surface area contributed by atoms with Gasteiger partial charge in [-0.2, -0.15) is 0 Å². The number of rotatable bonds is 0. The van der Waals surface area contributed by atoms with E-state index in [-0.39, 0.29) is 0 Å². The molecule has 0 saturated heterocycles. The number of hydrogen-bond donors (Lipinski definition) is 0.